The average Bonchev–Trinajstić information content (AvgIpc) is 3.07. The van der Waals surface area contributed by atoms with Crippen molar-refractivity contribution in [2.45, 2.75) is 20.8 Å². The maximum Gasteiger partial charge on any atom is 0.256 e. The van der Waals surface area contributed by atoms with Gasteiger partial charge >= 0.3 is 0 Å². The molecule has 2 amide bonds. The number of hydrogen-bond donors (Lipinski definition) is 2. The van der Waals surface area contributed by atoms with E-state index in [1.165, 1.54) is 0 Å². The number of ether oxygens (including phenoxy) is 2. The number of aromatic nitrogens is 4. The third-order valence-electron chi connectivity index (χ3n) is 6.45. The number of rotatable bonds is 8. The van der Waals surface area contributed by atoms with Crippen LogP contribution in [0.25, 0.3) is 0 Å². The van der Waals surface area contributed by atoms with E-state index in [1.807, 2.05) is 69.3 Å². The molecule has 2 N–H and O–H groups in total. The molecule has 0 aliphatic carbocycles. The smallest absolute Gasteiger partial charge is 0.256 e. The molecule has 47 heavy (non-hydrogen) atoms. The predicted molar refractivity (Wildman–Crippen MR) is 180 cm³/mol. The topological polar surface area (TPSA) is 128 Å². The highest BCUT2D eigenvalue weighted by Gasteiger charge is 2.09. The molecule has 0 fully saturated rings. The summed E-state index contributed by atoms with van der Waals surface area (Å²) in [5, 5.41) is 5.54. The first-order chi connectivity index (χ1) is 22.8. The number of benzene rings is 2. The third kappa shape index (κ3) is 9.79. The van der Waals surface area contributed by atoms with Gasteiger partial charge in [-0.25, -0.2) is 0 Å². The van der Waals surface area contributed by atoms with Gasteiger partial charge in [-0.1, -0.05) is 47.5 Å². The molecule has 6 rings (SSSR count). The molecule has 4 aromatic heterocycles. The van der Waals surface area contributed by atoms with Gasteiger partial charge in [0.2, 0.25) is 11.8 Å². The van der Waals surface area contributed by atoms with Crippen LogP contribution in [0.4, 0.5) is 11.6 Å². The number of nitrogens with one attached hydrogen (secondary N) is 2. The van der Waals surface area contributed by atoms with E-state index in [-0.39, 0.29) is 11.8 Å². The van der Waals surface area contributed by atoms with E-state index in [0.717, 1.165) is 16.8 Å². The van der Waals surface area contributed by atoms with Crippen molar-refractivity contribution in [3.8, 4) is 23.3 Å². The number of carbonyl (C=O) groups is 2. The van der Waals surface area contributed by atoms with Gasteiger partial charge in [-0.05, 0) is 81.4 Å². The molecule has 0 saturated carbocycles. The molecule has 0 atom stereocenters. The predicted octanol–water partition coefficient (Wildman–Crippen LogP) is 7.97. The van der Waals surface area contributed by atoms with Gasteiger partial charge in [0.1, 0.15) is 23.1 Å². The van der Waals surface area contributed by atoms with Gasteiger partial charge in [0.05, 0.1) is 12.4 Å². The van der Waals surface area contributed by atoms with Crippen LogP contribution in [0.3, 0.4) is 0 Å². The number of aryl methyl sites for hydroxylation is 3. The van der Waals surface area contributed by atoms with E-state index >= 15 is 0 Å². The highest BCUT2D eigenvalue weighted by Crippen LogP contribution is 2.21. The molecule has 0 aliphatic rings. The lowest BCUT2D eigenvalue weighted by Crippen LogP contribution is -2.13. The first kappa shape index (κ1) is 32.0. The molecule has 0 radical (unpaired) electrons. The Morgan fingerprint density at radius 2 is 1.11 bits per heavy atom. The zero-order valence-corrected chi connectivity index (χ0v) is 26.0. The van der Waals surface area contributed by atoms with Gasteiger partial charge in [-0.2, -0.15) is 9.97 Å². The highest BCUT2D eigenvalue weighted by atomic mass is 16.5. The molecule has 0 unspecified atom stereocenters. The quantitative estimate of drug-likeness (QED) is 0.175. The van der Waals surface area contributed by atoms with Crippen molar-refractivity contribution in [2.24, 2.45) is 0 Å². The summed E-state index contributed by atoms with van der Waals surface area (Å²) in [6, 6.07) is 32.4. The SMILES string of the molecule is Cc1cccc(C(=O)Nc2cccc(Oc3ccc(C)nc3)n2)c1.Cc1cccc(C(=O)Nc2cccc(Oc3cccnc3)n2)c1. The lowest BCUT2D eigenvalue weighted by molar-refractivity contribution is 0.101. The van der Waals surface area contributed by atoms with Crippen LogP contribution < -0.4 is 20.1 Å². The molecule has 10 heteroatoms. The van der Waals surface area contributed by atoms with Crippen molar-refractivity contribution in [1.82, 2.24) is 19.9 Å². The lowest BCUT2D eigenvalue weighted by atomic mass is 10.1. The summed E-state index contributed by atoms with van der Waals surface area (Å²) in [4.78, 5) is 41.2. The second-order valence-electron chi connectivity index (χ2n) is 10.4. The van der Waals surface area contributed by atoms with Crippen LogP contribution in [-0.2, 0) is 0 Å². The van der Waals surface area contributed by atoms with Crippen LogP contribution in [0.1, 0.15) is 37.5 Å². The monoisotopic (exact) mass is 624 g/mol. The van der Waals surface area contributed by atoms with Gasteiger partial charge in [-0.3, -0.25) is 19.6 Å². The summed E-state index contributed by atoms with van der Waals surface area (Å²) in [6.45, 7) is 5.79. The third-order valence-corrected chi connectivity index (χ3v) is 6.45. The minimum atomic E-state index is -0.209. The van der Waals surface area contributed by atoms with Crippen molar-refractivity contribution >= 4 is 23.5 Å². The van der Waals surface area contributed by atoms with E-state index in [0.29, 0.717) is 46.0 Å². The molecule has 10 nitrogen and oxygen atoms in total. The van der Waals surface area contributed by atoms with Crippen molar-refractivity contribution in [3.63, 3.8) is 0 Å². The van der Waals surface area contributed by atoms with Crippen molar-refractivity contribution in [2.75, 3.05) is 10.6 Å². The van der Waals surface area contributed by atoms with E-state index in [2.05, 4.69) is 30.6 Å². The standard InChI is InChI=1S/C19H17N3O2.C18H15N3O2/c1-13-5-3-6-15(11-13)19(23)22-17-7-4-8-18(21-17)24-16-10-9-14(2)20-12-16;1-13-5-2-6-14(11-13)18(22)21-16-8-3-9-17(20-16)23-15-7-4-10-19-12-15/h3-12H,1-2H3,(H,21,22,23);2-12H,1H3,(H,20,21,22). The maximum absolute atomic E-state index is 12.3. The normalized spacial score (nSPS) is 10.2. The van der Waals surface area contributed by atoms with Gasteiger partial charge < -0.3 is 20.1 Å². The van der Waals surface area contributed by atoms with Crippen LogP contribution in [0.15, 0.2) is 128 Å². The Morgan fingerprint density at radius 3 is 1.57 bits per heavy atom. The Morgan fingerprint density at radius 1 is 0.574 bits per heavy atom. The lowest BCUT2D eigenvalue weighted by Gasteiger charge is -2.08. The average molecular weight is 625 g/mol. The van der Waals surface area contributed by atoms with Gasteiger partial charge in [0.15, 0.2) is 0 Å². The van der Waals surface area contributed by atoms with Crippen LogP contribution >= 0.6 is 0 Å². The van der Waals surface area contributed by atoms with E-state index < -0.39 is 0 Å². The minimum absolute atomic E-state index is 0.208. The summed E-state index contributed by atoms with van der Waals surface area (Å²) < 4.78 is 11.3. The number of hydrogen-bond acceptors (Lipinski definition) is 8. The van der Waals surface area contributed by atoms with Crippen LogP contribution in [0.2, 0.25) is 0 Å². The molecule has 4 heterocycles. The Bertz CT molecular complexity index is 1970. The van der Waals surface area contributed by atoms with Gasteiger partial charge in [-0.15, -0.1) is 0 Å². The number of amides is 2. The first-order valence-electron chi connectivity index (χ1n) is 14.7. The summed E-state index contributed by atoms with van der Waals surface area (Å²) in [5.74, 6) is 2.40. The second kappa shape index (κ2) is 15.5. The van der Waals surface area contributed by atoms with E-state index in [4.69, 9.17) is 9.47 Å². The van der Waals surface area contributed by atoms with Gasteiger partial charge in [0.25, 0.3) is 11.8 Å². The number of anilines is 2. The summed E-state index contributed by atoms with van der Waals surface area (Å²) in [6.07, 6.45) is 4.90. The Balaban J connectivity index is 0.000000185. The van der Waals surface area contributed by atoms with E-state index in [1.54, 1.807) is 79.3 Å². The van der Waals surface area contributed by atoms with Crippen molar-refractivity contribution in [1.29, 1.82) is 0 Å². The number of pyridine rings is 4. The van der Waals surface area contributed by atoms with E-state index in [9.17, 15) is 9.59 Å². The zero-order chi connectivity index (χ0) is 33.0. The highest BCUT2D eigenvalue weighted by molar-refractivity contribution is 6.04. The van der Waals surface area contributed by atoms with Gasteiger partial charge in [0, 0.05) is 35.2 Å². The second-order valence-corrected chi connectivity index (χ2v) is 10.4. The van der Waals surface area contributed by atoms with Crippen LogP contribution in [-0.4, -0.2) is 31.8 Å². The molecule has 2 aromatic carbocycles. The number of nitrogens with zero attached hydrogens (tertiary/aromatic N) is 4. The Labute approximate surface area is 272 Å². The maximum atomic E-state index is 12.3. The van der Waals surface area contributed by atoms with Crippen LogP contribution in [0, 0.1) is 20.8 Å². The molecular weight excluding hydrogens is 592 g/mol. The van der Waals surface area contributed by atoms with Crippen molar-refractivity contribution in [3.05, 3.63) is 156 Å². The zero-order valence-electron chi connectivity index (χ0n) is 26.0. The largest absolute Gasteiger partial charge is 0.437 e. The van der Waals surface area contributed by atoms with Crippen molar-refractivity contribution < 1.29 is 19.1 Å². The fraction of sp³-hybridized carbons (Fsp3) is 0.0811. The molecule has 0 aliphatic heterocycles. The molecule has 234 valence electrons. The molecule has 6 aromatic rings. The Kier molecular flexibility index (Phi) is 10.6. The molecular formula is C37H32N6O4. The summed E-state index contributed by atoms with van der Waals surface area (Å²) in [7, 11) is 0. The number of carbonyl (C=O) groups excluding carboxylic acids is 2. The molecule has 0 spiro atoms. The molecule has 0 bridgehead atoms. The Hall–Kier alpha value is -6.42. The fourth-order valence-electron chi connectivity index (χ4n) is 4.20. The minimum Gasteiger partial charge on any atom is -0.437 e. The fourth-order valence-corrected chi connectivity index (χ4v) is 4.20. The summed E-state index contributed by atoms with van der Waals surface area (Å²) >= 11 is 0. The van der Waals surface area contributed by atoms with Crippen LogP contribution in [0.5, 0.6) is 23.3 Å². The first-order valence-corrected chi connectivity index (χ1v) is 14.7. The molecule has 0 saturated heterocycles. The summed E-state index contributed by atoms with van der Waals surface area (Å²) in [5.41, 5.74) is 4.14.